The maximum Gasteiger partial charge on any atom is 0.228 e. The fraction of sp³-hybridized carbons (Fsp3) is 0.136. The van der Waals surface area contributed by atoms with E-state index >= 15 is 0 Å². The topological polar surface area (TPSA) is 47.6 Å². The Bertz CT molecular complexity index is 845. The molecule has 0 aliphatic rings. The molecule has 0 spiro atoms. The molecule has 3 aromatic rings. The average molecular weight is 347 g/mol. The molecule has 132 valence electrons. The number of para-hydroxylation sites is 1. The highest BCUT2D eigenvalue weighted by atomic mass is 16.5. The lowest BCUT2D eigenvalue weighted by atomic mass is 10.1. The van der Waals surface area contributed by atoms with Crippen LogP contribution in [0.2, 0.25) is 0 Å². The van der Waals surface area contributed by atoms with E-state index < -0.39 is 0 Å². The largest absolute Gasteiger partial charge is 0.496 e. The van der Waals surface area contributed by atoms with E-state index in [2.05, 4.69) is 5.32 Å². The lowest BCUT2D eigenvalue weighted by Gasteiger charge is -2.10. The van der Waals surface area contributed by atoms with Gasteiger partial charge < -0.3 is 14.8 Å². The predicted octanol–water partition coefficient (Wildman–Crippen LogP) is 4.46. The number of anilines is 1. The number of hydrogen-bond acceptors (Lipinski definition) is 3. The van der Waals surface area contributed by atoms with Gasteiger partial charge in [0.2, 0.25) is 5.91 Å². The Balaban J connectivity index is 1.54. The fourth-order valence-corrected chi connectivity index (χ4v) is 2.60. The summed E-state index contributed by atoms with van der Waals surface area (Å²) in [5.41, 5.74) is 2.70. The van der Waals surface area contributed by atoms with E-state index in [1.165, 1.54) is 0 Å². The molecule has 4 heteroatoms. The van der Waals surface area contributed by atoms with Crippen LogP contribution in [-0.2, 0) is 17.8 Å². The van der Waals surface area contributed by atoms with E-state index in [1.807, 2.05) is 78.9 Å². The van der Waals surface area contributed by atoms with E-state index in [0.29, 0.717) is 12.4 Å². The molecule has 0 aromatic heterocycles. The van der Waals surface area contributed by atoms with Crippen LogP contribution in [0, 0.1) is 0 Å². The molecule has 0 unspecified atom stereocenters. The van der Waals surface area contributed by atoms with Gasteiger partial charge in [0, 0.05) is 11.3 Å². The van der Waals surface area contributed by atoms with E-state index in [0.717, 1.165) is 22.6 Å². The zero-order valence-corrected chi connectivity index (χ0v) is 14.6. The third-order valence-electron chi connectivity index (χ3n) is 3.93. The molecule has 1 amide bonds. The van der Waals surface area contributed by atoms with Gasteiger partial charge in [0.05, 0.1) is 13.5 Å². The van der Waals surface area contributed by atoms with Crippen molar-refractivity contribution < 1.29 is 14.3 Å². The van der Waals surface area contributed by atoms with Crippen LogP contribution in [0.1, 0.15) is 11.1 Å². The minimum Gasteiger partial charge on any atom is -0.496 e. The summed E-state index contributed by atoms with van der Waals surface area (Å²) in [6.45, 7) is 0.514. The summed E-state index contributed by atoms with van der Waals surface area (Å²) >= 11 is 0. The Labute approximate surface area is 153 Å². The Morgan fingerprint density at radius 3 is 2.31 bits per heavy atom. The van der Waals surface area contributed by atoms with Crippen molar-refractivity contribution in [2.75, 3.05) is 12.4 Å². The number of hydrogen-bond donors (Lipinski definition) is 1. The molecule has 1 N–H and O–H groups in total. The van der Waals surface area contributed by atoms with Crippen LogP contribution in [0.3, 0.4) is 0 Å². The summed E-state index contributed by atoms with van der Waals surface area (Å²) in [6.07, 6.45) is 0.260. The van der Waals surface area contributed by atoms with Crippen LogP contribution in [0.25, 0.3) is 0 Å². The van der Waals surface area contributed by atoms with Gasteiger partial charge in [-0.15, -0.1) is 0 Å². The number of rotatable bonds is 7. The lowest BCUT2D eigenvalue weighted by molar-refractivity contribution is -0.115. The van der Waals surface area contributed by atoms with Crippen LogP contribution >= 0.6 is 0 Å². The number of ether oxygens (including phenoxy) is 2. The van der Waals surface area contributed by atoms with Crippen molar-refractivity contribution in [3.8, 4) is 11.5 Å². The molecule has 0 bridgehead atoms. The van der Waals surface area contributed by atoms with Crippen molar-refractivity contribution in [2.45, 2.75) is 13.0 Å². The Morgan fingerprint density at radius 1 is 0.885 bits per heavy atom. The van der Waals surface area contributed by atoms with Crippen molar-refractivity contribution in [1.29, 1.82) is 0 Å². The van der Waals surface area contributed by atoms with Crippen molar-refractivity contribution in [3.63, 3.8) is 0 Å². The monoisotopic (exact) mass is 347 g/mol. The molecule has 0 heterocycles. The van der Waals surface area contributed by atoms with Crippen molar-refractivity contribution in [3.05, 3.63) is 90.0 Å². The van der Waals surface area contributed by atoms with E-state index in [1.54, 1.807) is 7.11 Å². The zero-order chi connectivity index (χ0) is 18.2. The first-order chi connectivity index (χ1) is 12.7. The molecule has 3 rings (SSSR count). The summed E-state index contributed by atoms with van der Waals surface area (Å²) in [6, 6.07) is 24.9. The first-order valence-electron chi connectivity index (χ1n) is 8.43. The highest BCUT2D eigenvalue weighted by molar-refractivity contribution is 5.92. The minimum atomic E-state index is -0.0903. The summed E-state index contributed by atoms with van der Waals surface area (Å²) in [5.74, 6) is 1.39. The minimum absolute atomic E-state index is 0.0903. The number of methoxy groups -OCH3 is 1. The molecule has 0 radical (unpaired) electrons. The third-order valence-corrected chi connectivity index (χ3v) is 3.93. The van der Waals surface area contributed by atoms with Crippen LogP contribution in [0.15, 0.2) is 78.9 Å². The van der Waals surface area contributed by atoms with Crippen molar-refractivity contribution in [1.82, 2.24) is 0 Å². The molecule has 0 aliphatic carbocycles. The van der Waals surface area contributed by atoms with Gasteiger partial charge in [-0.25, -0.2) is 0 Å². The molecule has 0 atom stereocenters. The molecule has 0 saturated carbocycles. The molecule has 0 fully saturated rings. The molecule has 3 aromatic carbocycles. The zero-order valence-electron chi connectivity index (χ0n) is 14.6. The van der Waals surface area contributed by atoms with Crippen molar-refractivity contribution >= 4 is 11.6 Å². The van der Waals surface area contributed by atoms with E-state index in [-0.39, 0.29) is 12.3 Å². The molecular formula is C22H21NO3. The molecule has 0 aliphatic heterocycles. The van der Waals surface area contributed by atoms with Crippen molar-refractivity contribution in [2.24, 2.45) is 0 Å². The number of amides is 1. The van der Waals surface area contributed by atoms with Gasteiger partial charge in [0.25, 0.3) is 0 Å². The summed E-state index contributed by atoms with van der Waals surface area (Å²) in [4.78, 5) is 12.2. The average Bonchev–Trinajstić information content (AvgIpc) is 2.68. The van der Waals surface area contributed by atoms with Gasteiger partial charge in [-0.1, -0.05) is 48.5 Å². The Hall–Kier alpha value is -3.27. The second kappa shape index (κ2) is 8.72. The van der Waals surface area contributed by atoms with Gasteiger partial charge in [-0.2, -0.15) is 0 Å². The number of carbonyl (C=O) groups excluding carboxylic acids is 1. The number of carbonyl (C=O) groups is 1. The summed E-state index contributed by atoms with van der Waals surface area (Å²) in [5, 5.41) is 2.89. The maximum atomic E-state index is 12.2. The molecule has 26 heavy (non-hydrogen) atoms. The third kappa shape index (κ3) is 4.86. The van der Waals surface area contributed by atoms with Crippen LogP contribution in [0.5, 0.6) is 11.5 Å². The normalized spacial score (nSPS) is 10.2. The summed E-state index contributed by atoms with van der Waals surface area (Å²) < 4.78 is 11.0. The Morgan fingerprint density at radius 2 is 1.58 bits per heavy atom. The molecular weight excluding hydrogens is 326 g/mol. The first kappa shape index (κ1) is 17.5. The van der Waals surface area contributed by atoms with Crippen LogP contribution in [0.4, 0.5) is 5.69 Å². The maximum absolute atomic E-state index is 12.2. The highest BCUT2D eigenvalue weighted by Gasteiger charge is 2.08. The van der Waals surface area contributed by atoms with Gasteiger partial charge >= 0.3 is 0 Å². The fourth-order valence-electron chi connectivity index (χ4n) is 2.60. The van der Waals surface area contributed by atoms with Crippen LogP contribution < -0.4 is 14.8 Å². The second-order valence-electron chi connectivity index (χ2n) is 5.84. The summed E-state index contributed by atoms with van der Waals surface area (Å²) in [7, 11) is 1.60. The number of benzene rings is 3. The van der Waals surface area contributed by atoms with Gasteiger partial charge in [-0.05, 0) is 35.9 Å². The standard InChI is InChI=1S/C22H21NO3/c1-25-21-10-6-5-9-18(21)15-22(24)23-19-11-13-20(14-12-19)26-16-17-7-3-2-4-8-17/h2-14H,15-16H2,1H3,(H,23,24). The van der Waals surface area contributed by atoms with E-state index in [4.69, 9.17) is 9.47 Å². The van der Waals surface area contributed by atoms with Gasteiger partial charge in [-0.3, -0.25) is 4.79 Å². The van der Waals surface area contributed by atoms with E-state index in [9.17, 15) is 4.79 Å². The quantitative estimate of drug-likeness (QED) is 0.687. The number of nitrogens with one attached hydrogen (secondary N) is 1. The van der Waals surface area contributed by atoms with Crippen LogP contribution in [-0.4, -0.2) is 13.0 Å². The molecule has 0 saturated heterocycles. The first-order valence-corrected chi connectivity index (χ1v) is 8.43. The SMILES string of the molecule is COc1ccccc1CC(=O)Nc1ccc(OCc2ccccc2)cc1. The lowest BCUT2D eigenvalue weighted by Crippen LogP contribution is -2.14. The second-order valence-corrected chi connectivity index (χ2v) is 5.84. The van der Waals surface area contributed by atoms with Gasteiger partial charge in [0.1, 0.15) is 18.1 Å². The molecule has 4 nitrogen and oxygen atoms in total. The Kier molecular flexibility index (Phi) is 5.88. The van der Waals surface area contributed by atoms with Gasteiger partial charge in [0.15, 0.2) is 0 Å². The predicted molar refractivity (Wildman–Crippen MR) is 103 cm³/mol. The smallest absolute Gasteiger partial charge is 0.228 e. The highest BCUT2D eigenvalue weighted by Crippen LogP contribution is 2.20.